The molecule has 1 fully saturated rings. The van der Waals surface area contributed by atoms with Gasteiger partial charge in [0, 0.05) is 37.6 Å². The van der Waals surface area contributed by atoms with E-state index < -0.39 is 0 Å². The fraction of sp³-hybridized carbons (Fsp3) is 0.517. The number of nitriles is 1. The average Bonchev–Trinajstić information content (AvgIpc) is 3.21. The fourth-order valence-electron chi connectivity index (χ4n) is 5.15. The van der Waals surface area contributed by atoms with Crippen molar-refractivity contribution >= 4 is 28.3 Å². The van der Waals surface area contributed by atoms with E-state index in [9.17, 15) is 10.1 Å². The van der Waals surface area contributed by atoms with Gasteiger partial charge < -0.3 is 5.32 Å². The van der Waals surface area contributed by atoms with E-state index in [0.717, 1.165) is 63.4 Å². The average molecular weight is 491 g/mol. The molecule has 186 valence electrons. The summed E-state index contributed by atoms with van der Waals surface area (Å²) in [5, 5.41) is 13.7. The number of anilines is 1. The number of nitrogens with zero attached hydrogens (tertiary/aromatic N) is 3. The highest BCUT2D eigenvalue weighted by Crippen LogP contribution is 2.45. The monoisotopic (exact) mass is 490 g/mol. The first-order valence-corrected chi connectivity index (χ1v) is 13.7. The van der Waals surface area contributed by atoms with Gasteiger partial charge in [-0.3, -0.25) is 14.6 Å². The maximum absolute atomic E-state index is 12.9. The van der Waals surface area contributed by atoms with E-state index >= 15 is 0 Å². The third kappa shape index (κ3) is 6.41. The Morgan fingerprint density at radius 3 is 2.60 bits per heavy atom. The number of rotatable bonds is 8. The third-order valence-corrected chi connectivity index (χ3v) is 9.12. The number of carbonyl (C=O) groups excluding carboxylic acids is 1. The third-order valence-electron chi connectivity index (χ3n) is 7.95. The van der Waals surface area contributed by atoms with Gasteiger partial charge in [-0.2, -0.15) is 5.26 Å². The van der Waals surface area contributed by atoms with Gasteiger partial charge in [-0.1, -0.05) is 69.7 Å². The van der Waals surface area contributed by atoms with Crippen molar-refractivity contribution in [3.8, 4) is 6.07 Å². The molecular formula is C29H38N4OS. The molecule has 35 heavy (non-hydrogen) atoms. The van der Waals surface area contributed by atoms with Crippen molar-refractivity contribution in [2.45, 2.75) is 46.5 Å². The van der Waals surface area contributed by atoms with Crippen molar-refractivity contribution in [3.63, 3.8) is 0 Å². The minimum Gasteiger partial charge on any atom is -0.315 e. The molecule has 1 amide bonds. The number of piperazine rings is 1. The van der Waals surface area contributed by atoms with Crippen molar-refractivity contribution in [2.24, 2.45) is 11.3 Å². The number of carbonyl (C=O) groups is 1. The van der Waals surface area contributed by atoms with Crippen molar-refractivity contribution in [3.05, 3.63) is 58.0 Å². The normalized spacial score (nSPS) is 19.4. The molecule has 1 aromatic carbocycles. The van der Waals surface area contributed by atoms with Crippen LogP contribution < -0.4 is 5.32 Å². The topological polar surface area (TPSA) is 59.4 Å². The SMILES string of the molecule is CCC(C)(C)C1CCc2c(sc(NC(=O)CN3CCN(C/C=C/c4ccccc4)CC3)c2C#N)C1. The van der Waals surface area contributed by atoms with E-state index in [2.05, 4.69) is 78.4 Å². The molecule has 1 saturated heterocycles. The summed E-state index contributed by atoms with van der Waals surface area (Å²) in [4.78, 5) is 18.8. The highest BCUT2D eigenvalue weighted by atomic mass is 32.1. The van der Waals surface area contributed by atoms with Crippen molar-refractivity contribution < 1.29 is 4.79 Å². The van der Waals surface area contributed by atoms with Crippen LogP contribution in [0.3, 0.4) is 0 Å². The zero-order valence-electron chi connectivity index (χ0n) is 21.3. The number of thiophene rings is 1. The largest absolute Gasteiger partial charge is 0.315 e. The van der Waals surface area contributed by atoms with E-state index in [1.807, 2.05) is 6.07 Å². The van der Waals surface area contributed by atoms with Crippen LogP contribution in [0.2, 0.25) is 0 Å². The second-order valence-electron chi connectivity index (χ2n) is 10.5. The molecule has 4 rings (SSSR count). The molecule has 1 aliphatic carbocycles. The van der Waals surface area contributed by atoms with Crippen LogP contribution in [0.5, 0.6) is 0 Å². The lowest BCUT2D eigenvalue weighted by Crippen LogP contribution is -2.48. The Balaban J connectivity index is 1.27. The van der Waals surface area contributed by atoms with Crippen LogP contribution in [-0.4, -0.2) is 55.0 Å². The van der Waals surface area contributed by atoms with Gasteiger partial charge in [0.15, 0.2) is 0 Å². The number of benzene rings is 1. The summed E-state index contributed by atoms with van der Waals surface area (Å²) in [5.41, 5.74) is 3.39. The second kappa shape index (κ2) is 11.5. The second-order valence-corrected chi connectivity index (χ2v) is 11.6. The van der Waals surface area contributed by atoms with Gasteiger partial charge >= 0.3 is 0 Å². The Bertz CT molecular complexity index is 1070. The molecule has 1 aromatic heterocycles. The summed E-state index contributed by atoms with van der Waals surface area (Å²) in [6.07, 6.45) is 8.62. The molecule has 0 bridgehead atoms. The first-order chi connectivity index (χ1) is 16.9. The van der Waals surface area contributed by atoms with Gasteiger partial charge in [0.1, 0.15) is 11.1 Å². The summed E-state index contributed by atoms with van der Waals surface area (Å²) < 4.78 is 0. The molecule has 2 aliphatic rings. The summed E-state index contributed by atoms with van der Waals surface area (Å²) in [7, 11) is 0. The lowest BCUT2D eigenvalue weighted by molar-refractivity contribution is -0.117. The van der Waals surface area contributed by atoms with Crippen molar-refractivity contribution in [2.75, 3.05) is 44.6 Å². The first-order valence-electron chi connectivity index (χ1n) is 12.9. The zero-order valence-corrected chi connectivity index (χ0v) is 22.2. The molecular weight excluding hydrogens is 452 g/mol. The van der Waals surface area contributed by atoms with Gasteiger partial charge in [0.2, 0.25) is 5.91 Å². The molecule has 1 atom stereocenters. The number of hydrogen-bond acceptors (Lipinski definition) is 5. The predicted octanol–water partition coefficient (Wildman–Crippen LogP) is 5.43. The number of amides is 1. The number of nitrogens with one attached hydrogen (secondary N) is 1. The standard InChI is InChI=1S/C29H38N4OS/c1-4-29(2,3)23-12-13-24-25(20-30)28(35-26(24)19-23)31-27(34)21-33-17-15-32(16-18-33)14-8-11-22-9-6-5-7-10-22/h5-11,23H,4,12-19,21H2,1-3H3,(H,31,34)/b11-8+. The smallest absolute Gasteiger partial charge is 0.239 e. The predicted molar refractivity (Wildman–Crippen MR) is 146 cm³/mol. The van der Waals surface area contributed by atoms with Gasteiger partial charge in [-0.15, -0.1) is 11.3 Å². The van der Waals surface area contributed by atoms with E-state index in [4.69, 9.17) is 0 Å². The molecule has 6 heteroatoms. The minimum absolute atomic E-state index is 0.0111. The summed E-state index contributed by atoms with van der Waals surface area (Å²) in [5.74, 6) is 0.621. The highest BCUT2D eigenvalue weighted by Gasteiger charge is 2.34. The molecule has 0 radical (unpaired) electrons. The molecule has 2 aromatic rings. The van der Waals surface area contributed by atoms with Crippen LogP contribution in [0.25, 0.3) is 6.08 Å². The molecule has 1 aliphatic heterocycles. The first kappa shape index (κ1) is 25.6. The van der Waals surface area contributed by atoms with E-state index in [1.165, 1.54) is 16.0 Å². The fourth-order valence-corrected chi connectivity index (χ4v) is 6.44. The lowest BCUT2D eigenvalue weighted by atomic mass is 9.69. The molecule has 2 heterocycles. The number of hydrogen-bond donors (Lipinski definition) is 1. The van der Waals surface area contributed by atoms with Crippen molar-refractivity contribution in [1.29, 1.82) is 5.26 Å². The van der Waals surface area contributed by atoms with E-state index in [1.54, 1.807) is 11.3 Å². The van der Waals surface area contributed by atoms with Gasteiger partial charge in [0.25, 0.3) is 0 Å². The minimum atomic E-state index is -0.0111. The Morgan fingerprint density at radius 1 is 1.20 bits per heavy atom. The summed E-state index contributed by atoms with van der Waals surface area (Å²) >= 11 is 1.63. The van der Waals surface area contributed by atoms with Gasteiger partial charge in [0.05, 0.1) is 12.1 Å². The Hall–Kier alpha value is -2.46. The summed E-state index contributed by atoms with van der Waals surface area (Å²) in [6, 6.07) is 12.7. The van der Waals surface area contributed by atoms with Crippen LogP contribution in [0.1, 0.15) is 55.2 Å². The zero-order chi connectivity index (χ0) is 24.8. The molecule has 0 saturated carbocycles. The number of fused-ring (bicyclic) bond motifs is 1. The van der Waals surface area contributed by atoms with Gasteiger partial charge in [-0.05, 0) is 41.7 Å². The van der Waals surface area contributed by atoms with Crippen molar-refractivity contribution in [1.82, 2.24) is 9.80 Å². The van der Waals surface area contributed by atoms with Crippen LogP contribution >= 0.6 is 11.3 Å². The van der Waals surface area contributed by atoms with E-state index in [-0.39, 0.29) is 5.91 Å². The summed E-state index contributed by atoms with van der Waals surface area (Å²) in [6.45, 7) is 11.9. The maximum atomic E-state index is 12.9. The molecule has 1 N–H and O–H groups in total. The molecule has 1 unspecified atom stereocenters. The highest BCUT2D eigenvalue weighted by molar-refractivity contribution is 7.16. The Morgan fingerprint density at radius 2 is 1.91 bits per heavy atom. The van der Waals surface area contributed by atoms with Crippen LogP contribution in [0.15, 0.2) is 36.4 Å². The Kier molecular flexibility index (Phi) is 8.43. The van der Waals surface area contributed by atoms with Crippen LogP contribution in [0, 0.1) is 22.7 Å². The quantitative estimate of drug-likeness (QED) is 0.536. The maximum Gasteiger partial charge on any atom is 0.239 e. The lowest BCUT2D eigenvalue weighted by Gasteiger charge is -2.36. The van der Waals surface area contributed by atoms with Crippen LogP contribution in [0.4, 0.5) is 5.00 Å². The molecule has 5 nitrogen and oxygen atoms in total. The van der Waals surface area contributed by atoms with E-state index in [0.29, 0.717) is 23.4 Å². The Labute approximate surface area is 214 Å². The molecule has 0 spiro atoms. The van der Waals surface area contributed by atoms with Gasteiger partial charge in [-0.25, -0.2) is 0 Å². The van der Waals surface area contributed by atoms with Crippen LogP contribution in [-0.2, 0) is 17.6 Å².